The van der Waals surface area contributed by atoms with Crippen LogP contribution in [0, 0.1) is 0 Å². The van der Waals surface area contributed by atoms with E-state index in [9.17, 15) is 4.79 Å². The van der Waals surface area contributed by atoms with Gasteiger partial charge in [0.2, 0.25) is 0 Å². The molecule has 0 aliphatic heterocycles. The molecule has 0 atom stereocenters. The van der Waals surface area contributed by atoms with Crippen LogP contribution in [-0.2, 0) is 47.0 Å². The predicted octanol–water partition coefficient (Wildman–Crippen LogP) is 4.76. The summed E-state index contributed by atoms with van der Waals surface area (Å²) in [6, 6.07) is 0. The number of ether oxygens (including phenoxy) is 2. The van der Waals surface area contributed by atoms with E-state index in [-0.39, 0.29) is 19.2 Å². The summed E-state index contributed by atoms with van der Waals surface area (Å²) in [6.45, 7) is 34.2. The molecule has 26 heteroatoms. The second-order valence-corrected chi connectivity index (χ2v) is 22.1. The second kappa shape index (κ2) is 50.1. The number of unbranched alkanes of at least 4 members (excludes halogenated alkanes) is 5. The molecular weight excluding hydrogens is 1010 g/mol. The van der Waals surface area contributed by atoms with E-state index in [2.05, 4.69) is 68.1 Å². The lowest BCUT2D eigenvalue weighted by Crippen LogP contribution is -2.18. The van der Waals surface area contributed by atoms with Crippen molar-refractivity contribution in [3.63, 3.8) is 0 Å². The maximum Gasteiger partial charge on any atom is 0.307 e. The van der Waals surface area contributed by atoms with Gasteiger partial charge in [-0.3, -0.25) is 28.2 Å². The predicted molar refractivity (Wildman–Crippen MR) is 304 cm³/mol. The monoisotopic (exact) mass is 1120 g/mol. The van der Waals surface area contributed by atoms with E-state index in [1.165, 1.54) is 45.6 Å². The van der Waals surface area contributed by atoms with Crippen LogP contribution in [-0.4, -0.2) is 204 Å². The Morgan fingerprint density at radius 1 is 0.449 bits per heavy atom. The van der Waals surface area contributed by atoms with Crippen LogP contribution in [0.5, 0.6) is 0 Å². The zero-order chi connectivity index (χ0) is 61.1. The van der Waals surface area contributed by atoms with Gasteiger partial charge in [-0.15, -0.1) is 25.5 Å². The van der Waals surface area contributed by atoms with Crippen molar-refractivity contribution in [3.05, 3.63) is 62.0 Å². The summed E-state index contributed by atoms with van der Waals surface area (Å²) in [4.78, 5) is 12.7. The normalized spacial score (nSPS) is 10.8. The molecule has 5 rings (SSSR count). The molecule has 5 heterocycles. The molecule has 0 aliphatic carbocycles. The highest BCUT2D eigenvalue weighted by Crippen LogP contribution is 2.05. The molecule has 0 saturated carbocycles. The number of esters is 1. The maximum absolute atomic E-state index is 10.6. The highest BCUT2D eigenvalue weighted by molar-refractivity contribution is 5.68. The third-order valence-electron chi connectivity index (χ3n) is 6.68. The van der Waals surface area contributed by atoms with Crippen LogP contribution in [0.25, 0.3) is 0 Å². The van der Waals surface area contributed by atoms with E-state index in [0.29, 0.717) is 39.3 Å². The van der Waals surface area contributed by atoms with E-state index < -0.39 is 28.0 Å². The Morgan fingerprint density at radius 2 is 0.756 bits per heavy atom. The molecular formula is C52H108N16O10. The van der Waals surface area contributed by atoms with Crippen LogP contribution in [0.3, 0.4) is 0 Å². The zero-order valence-corrected chi connectivity index (χ0v) is 51.3. The van der Waals surface area contributed by atoms with Crippen LogP contribution in [0.4, 0.5) is 0 Å². The maximum atomic E-state index is 10.6. The average molecular weight is 1120 g/mol. The number of nitrogens with zero attached hydrogens (tertiary/aromatic N) is 16. The molecule has 0 unspecified atom stereocenters. The van der Waals surface area contributed by atoms with E-state index in [0.717, 1.165) is 19.6 Å². The average Bonchev–Trinajstić information content (AvgIpc) is 4.15. The van der Waals surface area contributed by atoms with Crippen molar-refractivity contribution in [1.82, 2.24) is 79.9 Å². The number of rotatable bonds is 20. The van der Waals surface area contributed by atoms with E-state index >= 15 is 0 Å². The SMILES string of the molecule is CC(C)(C)O.CC(C)(C)O.CC(C)(C)O.CC(C)(C)O.CC(C)(C)O.CCCCCCCCn1ccnn1.CN(C)CCn1ccnn1.COC(=O)CCn1ccnn1.OCCOCCn1ccnn1.OCCn1ccnn1. The van der Waals surface area contributed by atoms with Crippen LogP contribution in [0.2, 0.25) is 0 Å². The van der Waals surface area contributed by atoms with Crippen LogP contribution in [0.1, 0.15) is 156 Å². The Balaban J connectivity index is -0.000000259. The fourth-order valence-electron chi connectivity index (χ4n) is 3.85. The number of likely N-dealkylation sites (N-methyl/N-ethyl adjacent to an activating group) is 1. The molecule has 0 bridgehead atoms. The first-order valence-electron chi connectivity index (χ1n) is 26.2. The summed E-state index contributed by atoms with van der Waals surface area (Å²) >= 11 is 0. The van der Waals surface area contributed by atoms with Gasteiger partial charge in [-0.2, -0.15) is 0 Å². The summed E-state index contributed by atoms with van der Waals surface area (Å²) < 4.78 is 18.0. The number of carbonyl (C=O) groups excluding carboxylic acids is 1. The standard InChI is InChI=1S/C10H19N3.C6H12N4.C6H9N3O2.C6H11N3O2.C4H7N3O.5C4H10O/c1-2-3-4-5-6-7-9-13-10-8-11-12-13;1-9(2)5-6-10-4-3-7-8-10;1-11-6(10)2-4-9-5-3-7-8-9;10-4-6-11-5-3-9-2-1-7-8-9;8-4-3-7-2-1-5-6-7;5*1-4(2,3)5/h8,10H,2-7,9H2,1H3;3-4H,5-6H2,1-2H3;3,5H,2,4H2,1H3;1-2,10H,3-6H2;1-2,8H,3-4H2;5*5H,1-3H3. The Morgan fingerprint density at radius 3 is 1.05 bits per heavy atom. The molecule has 456 valence electrons. The molecule has 0 saturated heterocycles. The van der Waals surface area contributed by atoms with Crippen LogP contribution in [0.15, 0.2) is 62.0 Å². The summed E-state index contributed by atoms with van der Waals surface area (Å²) in [5, 5.41) is 96.3. The molecule has 0 radical (unpaired) electrons. The zero-order valence-electron chi connectivity index (χ0n) is 51.3. The Labute approximate surface area is 467 Å². The third-order valence-corrected chi connectivity index (χ3v) is 6.68. The molecule has 0 aliphatic rings. The molecule has 0 amide bonds. The van der Waals surface area contributed by atoms with Gasteiger partial charge in [0.15, 0.2) is 0 Å². The number of aliphatic hydroxyl groups is 7. The lowest BCUT2D eigenvalue weighted by molar-refractivity contribution is -0.140. The van der Waals surface area contributed by atoms with Crippen molar-refractivity contribution < 1.29 is 50.0 Å². The van der Waals surface area contributed by atoms with Gasteiger partial charge in [0, 0.05) is 44.1 Å². The fourth-order valence-corrected chi connectivity index (χ4v) is 3.85. The molecule has 0 aromatic carbocycles. The first-order valence-corrected chi connectivity index (χ1v) is 26.2. The van der Waals surface area contributed by atoms with Crippen molar-refractivity contribution in [2.75, 3.05) is 54.2 Å². The summed E-state index contributed by atoms with van der Waals surface area (Å²) in [7, 11) is 5.44. The number of aryl methyl sites for hydroxylation is 2. The Kier molecular flexibility index (Phi) is 52.4. The van der Waals surface area contributed by atoms with Crippen molar-refractivity contribution in [2.45, 2.75) is 216 Å². The van der Waals surface area contributed by atoms with Gasteiger partial charge in [0.05, 0.1) is 125 Å². The van der Waals surface area contributed by atoms with Crippen molar-refractivity contribution in [2.24, 2.45) is 0 Å². The molecule has 0 spiro atoms. The minimum atomic E-state index is -0.500. The van der Waals surface area contributed by atoms with Crippen molar-refractivity contribution in [1.29, 1.82) is 0 Å². The van der Waals surface area contributed by atoms with Crippen LogP contribution < -0.4 is 0 Å². The largest absolute Gasteiger partial charge is 0.469 e. The minimum Gasteiger partial charge on any atom is -0.469 e. The van der Waals surface area contributed by atoms with E-state index in [4.69, 9.17) is 40.5 Å². The molecule has 5 aromatic heterocycles. The quantitative estimate of drug-likeness (QED) is 0.0408. The molecule has 78 heavy (non-hydrogen) atoms. The number of methoxy groups -OCH3 is 1. The lowest BCUT2D eigenvalue weighted by Gasteiger charge is -2.07. The number of hydrogen-bond donors (Lipinski definition) is 7. The first kappa shape index (κ1) is 81.7. The van der Waals surface area contributed by atoms with Crippen LogP contribution >= 0.6 is 0 Å². The van der Waals surface area contributed by atoms with Crippen molar-refractivity contribution >= 4 is 5.97 Å². The topological polar surface area (TPSA) is 334 Å². The second-order valence-electron chi connectivity index (χ2n) is 22.1. The fraction of sp³-hybridized carbons (Fsp3) is 0.788. The molecule has 26 nitrogen and oxygen atoms in total. The van der Waals surface area contributed by atoms with E-state index in [1.54, 1.807) is 167 Å². The first-order chi connectivity index (χ1) is 35.9. The molecule has 7 N–H and O–H groups in total. The van der Waals surface area contributed by atoms with Gasteiger partial charge in [-0.1, -0.05) is 65.1 Å². The van der Waals surface area contributed by atoms with Gasteiger partial charge in [0.1, 0.15) is 0 Å². The summed E-state index contributed by atoms with van der Waals surface area (Å²) in [5.41, 5.74) is -2.50. The van der Waals surface area contributed by atoms with Gasteiger partial charge < -0.3 is 50.1 Å². The summed E-state index contributed by atoms with van der Waals surface area (Å²) in [5.74, 6) is -0.236. The summed E-state index contributed by atoms with van der Waals surface area (Å²) in [6.07, 6.45) is 25.5. The number of aromatic nitrogens is 15. The highest BCUT2D eigenvalue weighted by atomic mass is 16.5. The van der Waals surface area contributed by atoms with Gasteiger partial charge in [-0.05, 0) is 124 Å². The number of hydrogen-bond acceptors (Lipinski definition) is 21. The molecule has 0 fully saturated rings. The Hall–Kier alpha value is -5.19. The lowest BCUT2D eigenvalue weighted by atomic mass is 10.1. The third kappa shape index (κ3) is 99.8. The molecule has 5 aromatic rings. The van der Waals surface area contributed by atoms with Crippen molar-refractivity contribution in [3.8, 4) is 0 Å². The van der Waals surface area contributed by atoms with Gasteiger partial charge in [0.25, 0.3) is 0 Å². The van der Waals surface area contributed by atoms with E-state index in [1.807, 2.05) is 35.9 Å². The highest BCUT2D eigenvalue weighted by Gasteiger charge is 2.02. The minimum absolute atomic E-state index is 0.0668. The number of carbonyl (C=O) groups is 1. The van der Waals surface area contributed by atoms with Gasteiger partial charge in [-0.25, -0.2) is 0 Å². The van der Waals surface area contributed by atoms with Gasteiger partial charge >= 0.3 is 5.97 Å². The Bertz CT molecular complexity index is 1790. The smallest absolute Gasteiger partial charge is 0.307 e. The number of aliphatic hydroxyl groups excluding tert-OH is 2.